The molecule has 0 spiro atoms. The van der Waals surface area contributed by atoms with Crippen molar-refractivity contribution in [1.82, 2.24) is 10.2 Å². The summed E-state index contributed by atoms with van der Waals surface area (Å²) in [6, 6.07) is 6.01. The summed E-state index contributed by atoms with van der Waals surface area (Å²) in [6.45, 7) is 4.13. The first kappa shape index (κ1) is 18.0. The average molecular weight is 332 g/mol. The van der Waals surface area contributed by atoms with Crippen molar-refractivity contribution in [3.8, 4) is 5.75 Å². The second-order valence-electron chi connectivity index (χ2n) is 5.80. The zero-order chi connectivity index (χ0) is 16.7. The Morgan fingerprint density at radius 2 is 2.00 bits per heavy atom. The van der Waals surface area contributed by atoms with Gasteiger partial charge in [-0.3, -0.25) is 0 Å². The van der Waals surface area contributed by atoms with E-state index < -0.39 is 6.36 Å². The molecule has 0 radical (unpaired) electrons. The van der Waals surface area contributed by atoms with Crippen LogP contribution in [0.15, 0.2) is 24.3 Å². The molecule has 1 aliphatic heterocycles. The Morgan fingerprint density at radius 3 is 2.70 bits per heavy atom. The second kappa shape index (κ2) is 8.52. The van der Waals surface area contributed by atoms with Crippen LogP contribution in [0, 0.1) is 0 Å². The van der Waals surface area contributed by atoms with E-state index in [0.717, 1.165) is 51.0 Å². The van der Waals surface area contributed by atoms with Crippen LogP contribution < -0.4 is 10.1 Å². The maximum atomic E-state index is 12.2. The molecule has 4 nitrogen and oxygen atoms in total. The molecular formula is C16H23F3N2O2. The van der Waals surface area contributed by atoms with Gasteiger partial charge in [0.05, 0.1) is 6.10 Å². The van der Waals surface area contributed by atoms with E-state index in [0.29, 0.717) is 6.54 Å². The van der Waals surface area contributed by atoms with E-state index >= 15 is 0 Å². The number of aliphatic hydroxyl groups is 1. The van der Waals surface area contributed by atoms with Crippen molar-refractivity contribution in [2.45, 2.75) is 38.3 Å². The summed E-state index contributed by atoms with van der Waals surface area (Å²) in [4.78, 5) is 2.33. The SMILES string of the molecule is OC1CCN(CCCNCc2cccc(OC(F)(F)F)c2)CC1. The predicted molar refractivity (Wildman–Crippen MR) is 81.1 cm³/mol. The third kappa shape index (κ3) is 7.20. The summed E-state index contributed by atoms with van der Waals surface area (Å²) in [5, 5.41) is 12.7. The number of nitrogens with one attached hydrogen (secondary N) is 1. The molecule has 2 N–H and O–H groups in total. The van der Waals surface area contributed by atoms with Gasteiger partial charge in [0.25, 0.3) is 0 Å². The first-order valence-electron chi connectivity index (χ1n) is 7.88. The van der Waals surface area contributed by atoms with E-state index in [1.807, 2.05) is 0 Å². The van der Waals surface area contributed by atoms with Gasteiger partial charge in [-0.25, -0.2) is 0 Å². The molecule has 0 saturated carbocycles. The van der Waals surface area contributed by atoms with Gasteiger partial charge in [-0.05, 0) is 50.0 Å². The summed E-state index contributed by atoms with van der Waals surface area (Å²) in [6.07, 6.45) is -2.18. The summed E-state index contributed by atoms with van der Waals surface area (Å²) in [5.74, 6) is -0.191. The van der Waals surface area contributed by atoms with Gasteiger partial charge in [0.1, 0.15) is 5.75 Å². The van der Waals surface area contributed by atoms with Crippen LogP contribution in [0.3, 0.4) is 0 Å². The zero-order valence-electron chi connectivity index (χ0n) is 13.0. The second-order valence-corrected chi connectivity index (χ2v) is 5.80. The van der Waals surface area contributed by atoms with Gasteiger partial charge in [-0.15, -0.1) is 13.2 Å². The molecule has 0 aromatic heterocycles. The fourth-order valence-electron chi connectivity index (χ4n) is 2.66. The van der Waals surface area contributed by atoms with Crippen molar-refractivity contribution >= 4 is 0 Å². The van der Waals surface area contributed by atoms with Crippen LogP contribution in [0.5, 0.6) is 5.75 Å². The lowest BCUT2D eigenvalue weighted by Gasteiger charge is -2.29. The van der Waals surface area contributed by atoms with Gasteiger partial charge in [-0.2, -0.15) is 0 Å². The normalized spacial score (nSPS) is 17.4. The number of rotatable bonds is 7. The molecule has 130 valence electrons. The number of nitrogens with zero attached hydrogens (tertiary/aromatic N) is 1. The Morgan fingerprint density at radius 1 is 1.26 bits per heavy atom. The van der Waals surface area contributed by atoms with Crippen molar-refractivity contribution in [3.05, 3.63) is 29.8 Å². The van der Waals surface area contributed by atoms with E-state index in [2.05, 4.69) is 15.0 Å². The predicted octanol–water partition coefficient (Wildman–Crippen LogP) is 2.52. The fourth-order valence-corrected chi connectivity index (χ4v) is 2.66. The maximum Gasteiger partial charge on any atom is 0.573 e. The molecule has 0 aliphatic carbocycles. The Labute approximate surface area is 134 Å². The highest BCUT2D eigenvalue weighted by Crippen LogP contribution is 2.23. The molecule has 2 rings (SSSR count). The monoisotopic (exact) mass is 332 g/mol. The summed E-state index contributed by atoms with van der Waals surface area (Å²) in [7, 11) is 0. The smallest absolute Gasteiger partial charge is 0.406 e. The molecule has 23 heavy (non-hydrogen) atoms. The average Bonchev–Trinajstić information content (AvgIpc) is 2.47. The lowest BCUT2D eigenvalue weighted by atomic mass is 10.1. The molecule has 0 amide bonds. The quantitative estimate of drug-likeness (QED) is 0.753. The van der Waals surface area contributed by atoms with Crippen LogP contribution in [0.1, 0.15) is 24.8 Å². The molecule has 1 aromatic rings. The number of ether oxygens (including phenoxy) is 1. The third-order valence-corrected chi connectivity index (χ3v) is 3.85. The zero-order valence-corrected chi connectivity index (χ0v) is 13.0. The summed E-state index contributed by atoms with van der Waals surface area (Å²) in [5.41, 5.74) is 0.757. The van der Waals surface area contributed by atoms with Crippen molar-refractivity contribution in [3.63, 3.8) is 0 Å². The standard InChI is InChI=1S/C16H23F3N2O2/c17-16(18,19)23-15-4-1-3-13(11-15)12-20-7-2-8-21-9-5-14(22)6-10-21/h1,3-4,11,14,20,22H,2,5-10,12H2. The van der Waals surface area contributed by atoms with Crippen molar-refractivity contribution < 1.29 is 23.0 Å². The molecule has 1 saturated heterocycles. The van der Waals surface area contributed by atoms with E-state index in [1.165, 1.54) is 12.1 Å². The van der Waals surface area contributed by atoms with Crippen LogP contribution in [-0.2, 0) is 6.54 Å². The van der Waals surface area contributed by atoms with E-state index in [-0.39, 0.29) is 11.9 Å². The van der Waals surface area contributed by atoms with Crippen LogP contribution in [0.25, 0.3) is 0 Å². The molecule has 0 atom stereocenters. The Balaban J connectivity index is 1.63. The van der Waals surface area contributed by atoms with E-state index in [4.69, 9.17) is 0 Å². The van der Waals surface area contributed by atoms with Crippen LogP contribution in [0.4, 0.5) is 13.2 Å². The topological polar surface area (TPSA) is 44.7 Å². The summed E-state index contributed by atoms with van der Waals surface area (Å²) < 4.78 is 40.4. The Hall–Kier alpha value is -1.31. The Kier molecular flexibility index (Phi) is 6.68. The van der Waals surface area contributed by atoms with E-state index in [9.17, 15) is 18.3 Å². The Bertz CT molecular complexity index is 475. The van der Waals surface area contributed by atoms with Gasteiger partial charge < -0.3 is 20.1 Å². The number of likely N-dealkylation sites (tertiary alicyclic amines) is 1. The number of hydrogen-bond donors (Lipinski definition) is 2. The highest BCUT2D eigenvalue weighted by atomic mass is 19.4. The molecule has 7 heteroatoms. The molecule has 0 bridgehead atoms. The molecule has 1 heterocycles. The van der Waals surface area contributed by atoms with Crippen molar-refractivity contribution in [2.75, 3.05) is 26.2 Å². The number of piperidine rings is 1. The van der Waals surface area contributed by atoms with Crippen molar-refractivity contribution in [2.24, 2.45) is 0 Å². The number of alkyl halides is 3. The first-order valence-corrected chi connectivity index (χ1v) is 7.88. The maximum absolute atomic E-state index is 12.2. The lowest BCUT2D eigenvalue weighted by molar-refractivity contribution is -0.274. The van der Waals surface area contributed by atoms with Gasteiger partial charge >= 0.3 is 6.36 Å². The molecule has 1 fully saturated rings. The first-order chi connectivity index (χ1) is 10.9. The lowest BCUT2D eigenvalue weighted by Crippen LogP contribution is -2.37. The molecular weight excluding hydrogens is 309 g/mol. The van der Waals surface area contributed by atoms with E-state index in [1.54, 1.807) is 12.1 Å². The number of benzene rings is 1. The minimum absolute atomic E-state index is 0.157. The van der Waals surface area contributed by atoms with Crippen LogP contribution >= 0.6 is 0 Å². The van der Waals surface area contributed by atoms with Gasteiger partial charge in [0.15, 0.2) is 0 Å². The fraction of sp³-hybridized carbons (Fsp3) is 0.625. The van der Waals surface area contributed by atoms with Crippen molar-refractivity contribution in [1.29, 1.82) is 0 Å². The number of halogens is 3. The number of aliphatic hydroxyl groups excluding tert-OH is 1. The minimum Gasteiger partial charge on any atom is -0.406 e. The molecule has 1 aliphatic rings. The highest BCUT2D eigenvalue weighted by Gasteiger charge is 2.31. The highest BCUT2D eigenvalue weighted by molar-refractivity contribution is 5.28. The largest absolute Gasteiger partial charge is 0.573 e. The van der Waals surface area contributed by atoms with Gasteiger partial charge in [-0.1, -0.05) is 12.1 Å². The minimum atomic E-state index is -4.66. The molecule has 1 aromatic carbocycles. The van der Waals surface area contributed by atoms with Crippen LogP contribution in [0.2, 0.25) is 0 Å². The molecule has 0 unspecified atom stereocenters. The summed E-state index contributed by atoms with van der Waals surface area (Å²) >= 11 is 0. The third-order valence-electron chi connectivity index (χ3n) is 3.85. The van der Waals surface area contributed by atoms with Gasteiger partial charge in [0, 0.05) is 19.6 Å². The number of hydrogen-bond acceptors (Lipinski definition) is 4. The van der Waals surface area contributed by atoms with Gasteiger partial charge in [0.2, 0.25) is 0 Å². The van der Waals surface area contributed by atoms with Crippen LogP contribution in [-0.4, -0.2) is 48.7 Å².